The second-order valence-corrected chi connectivity index (χ2v) is 4.34. The van der Waals surface area contributed by atoms with Crippen molar-refractivity contribution in [3.8, 4) is 0 Å². The van der Waals surface area contributed by atoms with E-state index in [0.29, 0.717) is 6.54 Å². The molecular formula is C10H20N3+. The molecule has 0 aromatic heterocycles. The molecule has 0 aliphatic rings. The van der Waals surface area contributed by atoms with Crippen molar-refractivity contribution in [2.45, 2.75) is 40.2 Å². The van der Waals surface area contributed by atoms with E-state index in [2.05, 4.69) is 11.6 Å². The minimum absolute atomic E-state index is 0.200. The number of hydrogen-bond acceptors (Lipinski definition) is 2. The van der Waals surface area contributed by atoms with E-state index >= 15 is 0 Å². The first-order chi connectivity index (χ1) is 5.75. The van der Waals surface area contributed by atoms with Crippen molar-refractivity contribution in [3.63, 3.8) is 0 Å². The minimum atomic E-state index is -0.200. The molecule has 0 saturated carbocycles. The number of nitrogens with one attached hydrogen (secondary N) is 1. The molecule has 0 bridgehead atoms. The summed E-state index contributed by atoms with van der Waals surface area (Å²) in [4.78, 5) is 4.21. The average Bonchev–Trinajstić information content (AvgIpc) is 1.96. The summed E-state index contributed by atoms with van der Waals surface area (Å²) < 4.78 is 1.42. The van der Waals surface area contributed by atoms with Gasteiger partial charge in [-0.25, -0.2) is 0 Å². The zero-order valence-corrected chi connectivity index (χ0v) is 9.31. The van der Waals surface area contributed by atoms with Crippen molar-refractivity contribution in [1.82, 2.24) is 0 Å². The Bertz CT molecular complexity index is 239. The van der Waals surface area contributed by atoms with E-state index in [1.807, 2.05) is 34.6 Å². The lowest BCUT2D eigenvalue weighted by Gasteiger charge is -2.12. The fourth-order valence-electron chi connectivity index (χ4n) is 0.794. The summed E-state index contributed by atoms with van der Waals surface area (Å²) >= 11 is 0. The highest BCUT2D eigenvalue weighted by molar-refractivity contribution is 5.79. The molecule has 0 fully saturated rings. The Morgan fingerprint density at radius 2 is 1.85 bits per heavy atom. The molecule has 0 aliphatic carbocycles. The van der Waals surface area contributed by atoms with E-state index in [4.69, 9.17) is 5.53 Å². The molecule has 0 atom stereocenters. The van der Waals surface area contributed by atoms with Gasteiger partial charge in [0.05, 0.1) is 0 Å². The van der Waals surface area contributed by atoms with E-state index in [0.717, 1.165) is 11.4 Å². The van der Waals surface area contributed by atoms with Crippen molar-refractivity contribution in [2.24, 2.45) is 4.99 Å². The smallest absolute Gasteiger partial charge is 0.222 e. The molecule has 0 aromatic carbocycles. The lowest BCUT2D eigenvalue weighted by atomic mass is 10.1. The van der Waals surface area contributed by atoms with Crippen LogP contribution in [-0.4, -0.2) is 22.5 Å². The van der Waals surface area contributed by atoms with E-state index in [-0.39, 0.29) is 5.54 Å². The van der Waals surface area contributed by atoms with Crippen LogP contribution in [0.25, 0.3) is 0 Å². The molecule has 3 nitrogen and oxygen atoms in total. The van der Waals surface area contributed by atoms with Gasteiger partial charge in [0.15, 0.2) is 5.54 Å². The fourth-order valence-corrected chi connectivity index (χ4v) is 0.794. The van der Waals surface area contributed by atoms with Crippen molar-refractivity contribution in [2.75, 3.05) is 6.54 Å². The van der Waals surface area contributed by atoms with Crippen molar-refractivity contribution in [3.05, 3.63) is 12.3 Å². The summed E-state index contributed by atoms with van der Waals surface area (Å²) in [6.45, 7) is 14.2. The third kappa shape index (κ3) is 4.55. The maximum Gasteiger partial charge on any atom is 0.222 e. The summed E-state index contributed by atoms with van der Waals surface area (Å²) in [7, 11) is 0. The van der Waals surface area contributed by atoms with Gasteiger partial charge in [0, 0.05) is 26.5 Å². The molecule has 13 heavy (non-hydrogen) atoms. The molecule has 0 amide bonds. The van der Waals surface area contributed by atoms with E-state index < -0.39 is 0 Å². The third-order valence-electron chi connectivity index (χ3n) is 1.56. The molecule has 0 saturated heterocycles. The Morgan fingerprint density at radius 1 is 1.38 bits per heavy atom. The first-order valence-corrected chi connectivity index (χ1v) is 4.42. The summed E-state index contributed by atoms with van der Waals surface area (Å²) in [5.41, 5.74) is 9.29. The predicted molar refractivity (Wildman–Crippen MR) is 55.5 cm³/mol. The van der Waals surface area contributed by atoms with Crippen LogP contribution in [-0.2, 0) is 0 Å². The molecule has 0 aliphatic heterocycles. The molecule has 74 valence electrons. The third-order valence-corrected chi connectivity index (χ3v) is 1.56. The summed E-state index contributed by atoms with van der Waals surface area (Å²) in [5.74, 6) is 0. The molecule has 0 radical (unpaired) electrons. The van der Waals surface area contributed by atoms with Crippen LogP contribution in [0.5, 0.6) is 0 Å². The van der Waals surface area contributed by atoms with Gasteiger partial charge in [0.2, 0.25) is 5.70 Å². The summed E-state index contributed by atoms with van der Waals surface area (Å²) in [5, 5.41) is 0. The Morgan fingerprint density at radius 3 is 2.15 bits per heavy atom. The molecule has 1 N–H and O–H groups in total. The highest BCUT2D eigenvalue weighted by atomic mass is 15.2. The molecular weight excluding hydrogens is 162 g/mol. The molecule has 0 aromatic rings. The Balaban J connectivity index is 4.31. The van der Waals surface area contributed by atoms with Crippen LogP contribution < -0.4 is 0 Å². The van der Waals surface area contributed by atoms with Gasteiger partial charge in [-0.15, -0.1) is 0 Å². The Kier molecular flexibility index (Phi) is 3.98. The minimum Gasteiger partial charge on any atom is -0.284 e. The second kappa shape index (κ2) is 4.30. The van der Waals surface area contributed by atoms with Crippen molar-refractivity contribution < 1.29 is 4.70 Å². The second-order valence-electron chi connectivity index (χ2n) is 4.34. The van der Waals surface area contributed by atoms with Crippen LogP contribution >= 0.6 is 0 Å². The van der Waals surface area contributed by atoms with Gasteiger partial charge >= 0.3 is 0 Å². The maximum absolute atomic E-state index is 7.74. The zero-order chi connectivity index (χ0) is 10.6. The monoisotopic (exact) mass is 182 g/mol. The SMILES string of the molecule is C=C(CN=C(C)C)[N+](=N)C(C)(C)C. The largest absolute Gasteiger partial charge is 0.284 e. The van der Waals surface area contributed by atoms with Crippen molar-refractivity contribution in [1.29, 1.82) is 5.53 Å². The van der Waals surface area contributed by atoms with Crippen LogP contribution in [0.2, 0.25) is 0 Å². The number of aliphatic imine (C=N–C) groups is 1. The van der Waals surface area contributed by atoms with Gasteiger partial charge in [-0.05, 0) is 20.4 Å². The van der Waals surface area contributed by atoms with Gasteiger partial charge in [-0.3, -0.25) is 4.99 Å². The summed E-state index contributed by atoms with van der Waals surface area (Å²) in [6, 6.07) is 0. The first kappa shape index (κ1) is 12.0. The number of rotatable bonds is 3. The highest BCUT2D eigenvalue weighted by Crippen LogP contribution is 2.11. The van der Waals surface area contributed by atoms with Crippen LogP contribution in [0.1, 0.15) is 34.6 Å². The average molecular weight is 182 g/mol. The predicted octanol–water partition coefficient (Wildman–Crippen LogP) is 2.82. The molecule has 0 heterocycles. The number of nitrogens with zero attached hydrogens (tertiary/aromatic N) is 2. The molecule has 0 unspecified atom stereocenters. The Labute approximate surface area is 80.7 Å². The number of hydrogen-bond donors (Lipinski definition) is 1. The van der Waals surface area contributed by atoms with Gasteiger partial charge in [-0.1, -0.05) is 10.2 Å². The molecule has 0 rings (SSSR count). The van der Waals surface area contributed by atoms with Crippen LogP contribution in [0.3, 0.4) is 0 Å². The molecule has 3 heteroatoms. The van der Waals surface area contributed by atoms with Crippen LogP contribution in [0.15, 0.2) is 17.3 Å². The lowest BCUT2D eigenvalue weighted by molar-refractivity contribution is -0.633. The first-order valence-electron chi connectivity index (χ1n) is 4.42. The van der Waals surface area contributed by atoms with Gasteiger partial charge < -0.3 is 0 Å². The van der Waals surface area contributed by atoms with Crippen LogP contribution in [0.4, 0.5) is 0 Å². The normalized spacial score (nSPS) is 10.8. The van der Waals surface area contributed by atoms with Crippen LogP contribution in [0, 0.1) is 5.53 Å². The van der Waals surface area contributed by atoms with E-state index in [9.17, 15) is 0 Å². The van der Waals surface area contributed by atoms with E-state index in [1.54, 1.807) is 0 Å². The topological polar surface area (TPSA) is 39.2 Å². The molecule has 0 spiro atoms. The Hall–Kier alpha value is -0.990. The maximum atomic E-state index is 7.74. The van der Waals surface area contributed by atoms with Crippen molar-refractivity contribution >= 4 is 5.71 Å². The van der Waals surface area contributed by atoms with Gasteiger partial charge in [0.1, 0.15) is 6.54 Å². The fraction of sp³-hybridized carbons (Fsp3) is 0.700. The van der Waals surface area contributed by atoms with Gasteiger partial charge in [-0.2, -0.15) is 0 Å². The summed E-state index contributed by atoms with van der Waals surface area (Å²) in [6.07, 6.45) is 0. The zero-order valence-electron chi connectivity index (χ0n) is 9.31. The lowest BCUT2D eigenvalue weighted by Crippen LogP contribution is -2.30. The quantitative estimate of drug-likeness (QED) is 0.396. The van der Waals surface area contributed by atoms with Gasteiger partial charge in [0.25, 0.3) is 0 Å². The standard InChI is InChI=1S/C10H20N3/c1-8(2)12-7-9(3)13(11)10(4,5)6/h11H,3,7H2,1-2,4-6H3/q+1. The van der Waals surface area contributed by atoms with E-state index in [1.165, 1.54) is 4.70 Å². The highest BCUT2D eigenvalue weighted by Gasteiger charge is 2.27.